The van der Waals surface area contributed by atoms with Gasteiger partial charge in [0.15, 0.2) is 0 Å². The number of phenolic OH excluding ortho intramolecular Hbond substituents is 6. The van der Waals surface area contributed by atoms with Crippen LogP contribution in [0.2, 0.25) is 0 Å². The van der Waals surface area contributed by atoms with Crippen LogP contribution >= 0.6 is 158 Å². The number of aromatic hydroxyl groups is 6. The summed E-state index contributed by atoms with van der Waals surface area (Å²) in [6.07, 6.45) is 0.517. The number of hydrogen-bond acceptors (Lipinski definition) is 32. The van der Waals surface area contributed by atoms with Crippen LogP contribution in [0.15, 0.2) is 315 Å². The Hall–Kier alpha value is -14.5. The molecular formula is C112H91F2I3N16O8S8. The van der Waals surface area contributed by atoms with Crippen molar-refractivity contribution in [3.05, 3.63) is 332 Å². The van der Waals surface area contributed by atoms with Crippen LogP contribution in [-0.4, -0.2) is 119 Å². The number of fused-ring (bicyclic) bond motifs is 8. The van der Waals surface area contributed by atoms with E-state index in [4.69, 9.17) is 32.4 Å². The van der Waals surface area contributed by atoms with Crippen molar-refractivity contribution in [2.45, 2.75) is 6.42 Å². The number of aromatic nitrogens is 8. The zero-order valence-electron chi connectivity index (χ0n) is 79.7. The Kier molecular flexibility index (Phi) is 34.9. The second kappa shape index (κ2) is 49.1. The number of methoxy groups -OCH3 is 2. The van der Waals surface area contributed by atoms with Gasteiger partial charge in [0.25, 0.3) is 0 Å². The van der Waals surface area contributed by atoms with E-state index < -0.39 is 0 Å². The van der Waals surface area contributed by atoms with Crippen molar-refractivity contribution in [3.8, 4) is 131 Å². The van der Waals surface area contributed by atoms with Crippen molar-refractivity contribution in [1.82, 2.24) is 39.9 Å². The summed E-state index contributed by atoms with van der Waals surface area (Å²) in [5.74, 6) is 3.03. The molecule has 37 heteroatoms. The molecule has 0 amide bonds. The van der Waals surface area contributed by atoms with E-state index in [2.05, 4.69) is 141 Å². The zero-order valence-corrected chi connectivity index (χ0v) is 92.7. The lowest BCUT2D eigenvalue weighted by atomic mass is 10.2. The topological polar surface area (TPSA) is 395 Å². The first kappa shape index (κ1) is 106. The molecule has 750 valence electrons. The standard InChI is InChI=1S/C16H15FN2OS.C14H11FN2OS.2C14H11IN2OS.2C14H12N2OS.C13H9IN2OS.C13H10N2OS/c17-8-1-9-18-12-4-2-11(3-5-12)16-19-14-7-6-13(20)10-15(14)21-16;1-16-11-4-2-8(6-10(11)15)14-17-12-5-3-9(18)7-13(12)19-14;1-16-9-4-2-8(3-5-9)14-17-10-6-7-11(18)12(15)13(10)19-14;1-18-9-4-2-8(3-5-9)14-17-11-7-6-10(16)12(15)13(11)19-14;1-17-11-5-2-9(3-6-11)14-16-12-7-4-10(15)8-13(12)18-14;1-15-10-4-2-9(3-5-10)14-16-12-7-6-11(17)8-13(12)18-14;14-11-10(17)6-5-9-12(11)18-13(16-9)7-1-3-8(15)4-2-7;14-9-3-1-8(2-4-9)13-15-11-6-5-10(16)7-12(11)17-13/h2-7,10,18,20H,1,8-9H2;2*2-7,16,18H,1H3;2-7H,16H2,1H3;2-8H,15H2,1H3;2-8,15,17H,1H3;1-6,17H,15H2;1-7,16H,14H2. The predicted molar refractivity (Wildman–Crippen MR) is 647 cm³/mol. The number of nitrogens with one attached hydrogen (secondary N) is 4. The molecule has 0 aliphatic rings. The van der Waals surface area contributed by atoms with Crippen molar-refractivity contribution >= 4 is 286 Å². The minimum atomic E-state index is -0.304. The van der Waals surface area contributed by atoms with Crippen LogP contribution in [0.25, 0.3) is 166 Å². The molecule has 0 bridgehead atoms. The van der Waals surface area contributed by atoms with Crippen molar-refractivity contribution in [1.29, 1.82) is 0 Å². The minimum Gasteiger partial charge on any atom is -0.508 e. The normalized spacial score (nSPS) is 10.8. The van der Waals surface area contributed by atoms with Gasteiger partial charge in [0.2, 0.25) is 0 Å². The maximum absolute atomic E-state index is 13.7. The summed E-state index contributed by atoms with van der Waals surface area (Å²) in [6, 6.07) is 97.7. The summed E-state index contributed by atoms with van der Waals surface area (Å²) in [7, 11) is 8.80. The number of nitrogens with two attached hydrogens (primary N) is 4. The lowest BCUT2D eigenvalue weighted by molar-refractivity contribution is 0.415. The second-order valence-corrected chi connectivity index (χ2v) is 44.0. The van der Waals surface area contributed by atoms with Crippen LogP contribution in [0.4, 0.5) is 54.3 Å². The first-order chi connectivity index (χ1) is 72.2. The number of rotatable bonds is 17. The molecule has 0 atom stereocenters. The summed E-state index contributed by atoms with van der Waals surface area (Å²) in [5.41, 5.74) is 45.2. The molecule has 0 spiro atoms. The number of halogens is 5. The summed E-state index contributed by atoms with van der Waals surface area (Å²) in [4.78, 5) is 36.6. The zero-order chi connectivity index (χ0) is 104. The maximum atomic E-state index is 13.7. The van der Waals surface area contributed by atoms with E-state index in [-0.39, 0.29) is 35.5 Å². The van der Waals surface area contributed by atoms with Crippen LogP contribution in [0.3, 0.4) is 0 Å². The van der Waals surface area contributed by atoms with Gasteiger partial charge in [-0.1, -0.05) is 0 Å². The third-order valence-corrected chi connectivity index (χ3v) is 35.7. The van der Waals surface area contributed by atoms with Crippen LogP contribution in [0, 0.1) is 16.5 Å². The van der Waals surface area contributed by atoms with Crippen molar-refractivity contribution < 1.29 is 48.9 Å². The Balaban J connectivity index is 0.000000116. The molecule has 24 aromatic rings. The average Bonchev–Trinajstić information content (AvgIpc) is 1.66. The molecule has 24 nitrogen and oxygen atoms in total. The fourth-order valence-electron chi connectivity index (χ4n) is 14.6. The average molecular weight is 2460 g/mol. The number of hydrogen-bond donors (Lipinski definition) is 14. The monoisotopic (exact) mass is 2460 g/mol. The van der Waals surface area contributed by atoms with E-state index in [0.29, 0.717) is 30.2 Å². The molecule has 8 aromatic heterocycles. The molecule has 0 fully saturated rings. The van der Waals surface area contributed by atoms with Crippen LogP contribution in [0.1, 0.15) is 6.42 Å². The number of ether oxygens (including phenoxy) is 2. The summed E-state index contributed by atoms with van der Waals surface area (Å²) in [5, 5.41) is 76.8. The SMILES string of the molecule is CNc1ccc(-c2nc3ccc(O)c(I)c3s2)cc1.CNc1ccc(-c2nc3ccc(O)cc3s2)cc1.CNc1ccc(-c2nc3ccc(O)cc3s2)cc1F.COc1ccc(-c2nc3ccc(N)c(I)c3s2)cc1.COc1ccc(-c2nc3ccc(N)cc3s2)cc1.Nc1ccc(-c2nc3ccc(O)c(I)c3s2)cc1.Nc1ccc(-c2nc3ccc(O)cc3s2)cc1.Oc1ccc2nc(-c3ccc(NCCCF)cc3)sc2c1. The Labute approximate surface area is 926 Å². The van der Waals surface area contributed by atoms with Gasteiger partial charge in [-0.15, -0.1) is 90.7 Å². The molecule has 0 aliphatic heterocycles. The van der Waals surface area contributed by atoms with Gasteiger partial charge in [-0.3, -0.25) is 4.39 Å². The Morgan fingerprint density at radius 1 is 0.289 bits per heavy atom. The van der Waals surface area contributed by atoms with Gasteiger partial charge in [-0.25, -0.2) is 44.3 Å². The van der Waals surface area contributed by atoms with Crippen molar-refractivity contribution in [2.24, 2.45) is 0 Å². The van der Waals surface area contributed by atoms with Crippen molar-refractivity contribution in [3.63, 3.8) is 0 Å². The highest BCUT2D eigenvalue weighted by Crippen LogP contribution is 2.44. The molecule has 16 aromatic carbocycles. The van der Waals surface area contributed by atoms with Gasteiger partial charge >= 0.3 is 0 Å². The maximum Gasteiger partial charge on any atom is 0.146 e. The minimum absolute atomic E-state index is 0.208. The van der Waals surface area contributed by atoms with Crippen LogP contribution in [-0.2, 0) is 0 Å². The summed E-state index contributed by atoms with van der Waals surface area (Å²) in [6.45, 7) is 0.333. The third kappa shape index (κ3) is 26.4. The molecule has 149 heavy (non-hydrogen) atoms. The molecule has 0 saturated heterocycles. The second-order valence-electron chi connectivity index (χ2n) is 32.6. The number of thiazole rings is 8. The summed E-state index contributed by atoms with van der Waals surface area (Å²) < 4.78 is 47.0. The van der Waals surface area contributed by atoms with E-state index in [9.17, 15) is 39.4 Å². The molecule has 24 rings (SSSR count). The molecule has 0 aliphatic carbocycles. The highest BCUT2D eigenvalue weighted by Gasteiger charge is 2.19. The van der Waals surface area contributed by atoms with Crippen molar-refractivity contribution in [2.75, 3.05) is 92.8 Å². The van der Waals surface area contributed by atoms with E-state index in [0.717, 1.165) is 228 Å². The number of benzene rings is 16. The lowest BCUT2D eigenvalue weighted by Crippen LogP contribution is -2.01. The van der Waals surface area contributed by atoms with Gasteiger partial charge in [0.1, 0.15) is 91.9 Å². The highest BCUT2D eigenvalue weighted by atomic mass is 127. The number of alkyl halides is 1. The van der Waals surface area contributed by atoms with Gasteiger partial charge in [-0.2, -0.15) is 0 Å². The molecule has 8 heterocycles. The smallest absolute Gasteiger partial charge is 0.146 e. The molecule has 0 unspecified atom stereocenters. The van der Waals surface area contributed by atoms with E-state index in [1.165, 1.54) is 17.4 Å². The number of anilines is 8. The number of nitrogen functional groups attached to an aromatic ring is 4. The summed E-state index contributed by atoms with van der Waals surface area (Å²) >= 11 is 19.2. The largest absolute Gasteiger partial charge is 0.508 e. The quantitative estimate of drug-likeness (QED) is 0.0229. The van der Waals surface area contributed by atoms with Crippen LogP contribution < -0.4 is 53.7 Å². The van der Waals surface area contributed by atoms with Crippen LogP contribution in [0.5, 0.6) is 46.0 Å². The van der Waals surface area contributed by atoms with Gasteiger partial charge < -0.3 is 84.3 Å². The Bertz CT molecular complexity index is 8540. The lowest BCUT2D eigenvalue weighted by Gasteiger charge is -2.05. The number of nitrogens with zero attached hydrogens (tertiary/aromatic N) is 8. The Morgan fingerprint density at radius 2 is 0.564 bits per heavy atom. The molecule has 0 radical (unpaired) electrons. The Morgan fingerprint density at radius 3 is 0.893 bits per heavy atom. The first-order valence-corrected chi connectivity index (χ1v) is 55.4. The number of phenols is 6. The van der Waals surface area contributed by atoms with Gasteiger partial charge in [0.05, 0.1) is 119 Å². The first-order valence-electron chi connectivity index (χ1n) is 45.6. The van der Waals surface area contributed by atoms with E-state index in [1.54, 1.807) is 173 Å². The van der Waals surface area contributed by atoms with E-state index in [1.807, 2.05) is 239 Å². The molecule has 0 saturated carbocycles. The third-order valence-electron chi connectivity index (χ3n) is 22.5. The van der Waals surface area contributed by atoms with Gasteiger partial charge in [0, 0.05) is 112 Å². The van der Waals surface area contributed by atoms with Gasteiger partial charge in [-0.05, 0) is 390 Å². The molecule has 18 N–H and O–H groups in total. The fourth-order valence-corrected chi connectivity index (χ4v) is 25.0. The highest BCUT2D eigenvalue weighted by molar-refractivity contribution is 14.1. The van der Waals surface area contributed by atoms with E-state index >= 15 is 0 Å². The fraction of sp³-hybridized carbons (Fsp3) is 0.0714. The molecular weight excluding hydrogens is 2370 g/mol. The predicted octanol–water partition coefficient (Wildman–Crippen LogP) is 31.1.